The van der Waals surface area contributed by atoms with Gasteiger partial charge in [-0.1, -0.05) is 31.2 Å². The standard InChI is InChI=1S/C9H15N/c1-9-6-4-2-3-5-7-10-8-9/h2-4,6,9-10H,5,7-8H2,1H3/b3-2-,6-4-. The van der Waals surface area contributed by atoms with Gasteiger partial charge in [-0.2, -0.15) is 0 Å². The van der Waals surface area contributed by atoms with Crippen molar-refractivity contribution in [1.82, 2.24) is 5.32 Å². The average Bonchev–Trinajstić information content (AvgIpc) is 2.02. The third kappa shape index (κ3) is 2.83. The summed E-state index contributed by atoms with van der Waals surface area (Å²) in [5.74, 6) is 0.669. The van der Waals surface area contributed by atoms with Crippen LogP contribution in [0.25, 0.3) is 0 Å². The van der Waals surface area contributed by atoms with Gasteiger partial charge in [-0.25, -0.2) is 0 Å². The monoisotopic (exact) mass is 137 g/mol. The number of allylic oxidation sites excluding steroid dienone is 2. The topological polar surface area (TPSA) is 12.0 Å². The SMILES string of the molecule is CC1/C=C\C=C/CCNC1. The second kappa shape index (κ2) is 4.29. The zero-order chi connectivity index (χ0) is 7.23. The largest absolute Gasteiger partial charge is 0.316 e. The summed E-state index contributed by atoms with van der Waals surface area (Å²) < 4.78 is 0. The van der Waals surface area contributed by atoms with E-state index in [1.807, 2.05) is 0 Å². The molecule has 1 atom stereocenters. The molecule has 10 heavy (non-hydrogen) atoms. The van der Waals surface area contributed by atoms with Crippen molar-refractivity contribution in [3.8, 4) is 0 Å². The van der Waals surface area contributed by atoms with E-state index in [0.29, 0.717) is 5.92 Å². The lowest BCUT2D eigenvalue weighted by atomic mass is 10.1. The normalized spacial score (nSPS) is 33.5. The maximum atomic E-state index is 3.37. The smallest absolute Gasteiger partial charge is 0.00117 e. The summed E-state index contributed by atoms with van der Waals surface area (Å²) in [6, 6.07) is 0. The van der Waals surface area contributed by atoms with Gasteiger partial charge in [-0.3, -0.25) is 0 Å². The van der Waals surface area contributed by atoms with Crippen molar-refractivity contribution in [2.24, 2.45) is 5.92 Å². The molecule has 0 saturated carbocycles. The van der Waals surface area contributed by atoms with Gasteiger partial charge < -0.3 is 5.32 Å². The molecule has 0 radical (unpaired) electrons. The molecular formula is C9H15N. The van der Waals surface area contributed by atoms with E-state index in [1.165, 1.54) is 0 Å². The lowest BCUT2D eigenvalue weighted by molar-refractivity contribution is 0.600. The molecule has 0 saturated heterocycles. The van der Waals surface area contributed by atoms with E-state index < -0.39 is 0 Å². The highest BCUT2D eigenvalue weighted by Crippen LogP contribution is 1.97. The van der Waals surface area contributed by atoms with E-state index in [2.05, 4.69) is 36.5 Å². The van der Waals surface area contributed by atoms with Gasteiger partial charge in [0.15, 0.2) is 0 Å². The summed E-state index contributed by atoms with van der Waals surface area (Å²) in [6.07, 6.45) is 9.84. The maximum absolute atomic E-state index is 3.37. The molecule has 1 nitrogen and oxygen atoms in total. The van der Waals surface area contributed by atoms with E-state index in [1.54, 1.807) is 0 Å². The highest BCUT2D eigenvalue weighted by Gasteiger charge is 1.94. The molecule has 1 N–H and O–H groups in total. The fourth-order valence-corrected chi connectivity index (χ4v) is 1.01. The number of hydrogen-bond acceptors (Lipinski definition) is 1. The molecule has 1 rings (SSSR count). The minimum absolute atomic E-state index is 0.669. The fraction of sp³-hybridized carbons (Fsp3) is 0.556. The van der Waals surface area contributed by atoms with Crippen LogP contribution in [0.15, 0.2) is 24.3 Å². The molecule has 0 aliphatic carbocycles. The summed E-state index contributed by atoms with van der Waals surface area (Å²) in [5.41, 5.74) is 0. The molecule has 1 heterocycles. The molecule has 0 aromatic heterocycles. The lowest BCUT2D eigenvalue weighted by Crippen LogP contribution is -2.20. The van der Waals surface area contributed by atoms with Crippen LogP contribution in [0.2, 0.25) is 0 Å². The van der Waals surface area contributed by atoms with Crippen LogP contribution < -0.4 is 5.32 Å². The van der Waals surface area contributed by atoms with Gasteiger partial charge in [0, 0.05) is 6.54 Å². The molecule has 0 bridgehead atoms. The minimum Gasteiger partial charge on any atom is -0.316 e. The molecule has 1 heteroatoms. The fourth-order valence-electron chi connectivity index (χ4n) is 1.01. The molecule has 0 fully saturated rings. The number of rotatable bonds is 0. The van der Waals surface area contributed by atoms with E-state index in [0.717, 1.165) is 19.5 Å². The van der Waals surface area contributed by atoms with Gasteiger partial charge in [0.25, 0.3) is 0 Å². The third-order valence-electron chi connectivity index (χ3n) is 1.64. The van der Waals surface area contributed by atoms with E-state index in [4.69, 9.17) is 0 Å². The van der Waals surface area contributed by atoms with Crippen LogP contribution in [-0.2, 0) is 0 Å². The molecule has 56 valence electrons. The van der Waals surface area contributed by atoms with Gasteiger partial charge in [-0.15, -0.1) is 0 Å². The van der Waals surface area contributed by atoms with Crippen molar-refractivity contribution in [3.63, 3.8) is 0 Å². The summed E-state index contributed by atoms with van der Waals surface area (Å²) in [7, 11) is 0. The van der Waals surface area contributed by atoms with Crippen molar-refractivity contribution < 1.29 is 0 Å². The van der Waals surface area contributed by atoms with Crippen LogP contribution in [-0.4, -0.2) is 13.1 Å². The maximum Gasteiger partial charge on any atom is 0.00117 e. The van der Waals surface area contributed by atoms with Crippen molar-refractivity contribution in [1.29, 1.82) is 0 Å². The van der Waals surface area contributed by atoms with Crippen LogP contribution in [0, 0.1) is 5.92 Å². The first-order chi connectivity index (χ1) is 4.89. The van der Waals surface area contributed by atoms with Crippen LogP contribution in [0.5, 0.6) is 0 Å². The van der Waals surface area contributed by atoms with Crippen LogP contribution in [0.1, 0.15) is 13.3 Å². The first-order valence-electron chi connectivity index (χ1n) is 3.93. The first-order valence-corrected chi connectivity index (χ1v) is 3.93. The van der Waals surface area contributed by atoms with Crippen molar-refractivity contribution in [2.45, 2.75) is 13.3 Å². The Morgan fingerprint density at radius 1 is 1.40 bits per heavy atom. The zero-order valence-corrected chi connectivity index (χ0v) is 6.51. The van der Waals surface area contributed by atoms with Gasteiger partial charge in [0.1, 0.15) is 0 Å². The summed E-state index contributed by atoms with van der Waals surface area (Å²) in [6.45, 7) is 4.45. The summed E-state index contributed by atoms with van der Waals surface area (Å²) >= 11 is 0. The highest BCUT2D eigenvalue weighted by molar-refractivity contribution is 5.05. The summed E-state index contributed by atoms with van der Waals surface area (Å²) in [4.78, 5) is 0. The van der Waals surface area contributed by atoms with Crippen molar-refractivity contribution in [2.75, 3.05) is 13.1 Å². The Balaban J connectivity index is 2.40. The highest BCUT2D eigenvalue weighted by atomic mass is 14.8. The van der Waals surface area contributed by atoms with E-state index in [9.17, 15) is 0 Å². The Hall–Kier alpha value is -0.560. The van der Waals surface area contributed by atoms with Gasteiger partial charge in [0.05, 0.1) is 0 Å². The Bertz CT molecular complexity index is 136. The molecular weight excluding hydrogens is 122 g/mol. The van der Waals surface area contributed by atoms with Crippen LogP contribution in [0.4, 0.5) is 0 Å². The second-order valence-electron chi connectivity index (χ2n) is 2.78. The Labute approximate surface area is 62.8 Å². The Morgan fingerprint density at radius 3 is 3.20 bits per heavy atom. The zero-order valence-electron chi connectivity index (χ0n) is 6.51. The van der Waals surface area contributed by atoms with E-state index in [-0.39, 0.29) is 0 Å². The first kappa shape index (κ1) is 7.55. The lowest BCUT2D eigenvalue weighted by Gasteiger charge is -2.05. The van der Waals surface area contributed by atoms with Crippen molar-refractivity contribution >= 4 is 0 Å². The molecule has 1 unspecified atom stereocenters. The molecule has 0 spiro atoms. The van der Waals surface area contributed by atoms with Crippen LogP contribution >= 0.6 is 0 Å². The third-order valence-corrected chi connectivity index (χ3v) is 1.64. The minimum atomic E-state index is 0.669. The van der Waals surface area contributed by atoms with Crippen LogP contribution in [0.3, 0.4) is 0 Å². The van der Waals surface area contributed by atoms with Gasteiger partial charge in [0.2, 0.25) is 0 Å². The molecule has 0 amide bonds. The predicted octanol–water partition coefficient (Wildman–Crippen LogP) is 1.73. The van der Waals surface area contributed by atoms with Crippen molar-refractivity contribution in [3.05, 3.63) is 24.3 Å². The number of nitrogens with one attached hydrogen (secondary N) is 1. The number of hydrogen-bond donors (Lipinski definition) is 1. The molecule has 1 aliphatic rings. The van der Waals surface area contributed by atoms with Gasteiger partial charge >= 0.3 is 0 Å². The molecule has 0 aromatic carbocycles. The quantitative estimate of drug-likeness (QED) is 0.536. The molecule has 1 aliphatic heterocycles. The average molecular weight is 137 g/mol. The Morgan fingerprint density at radius 2 is 2.30 bits per heavy atom. The predicted molar refractivity (Wildman–Crippen MR) is 44.9 cm³/mol. The Kier molecular flexibility index (Phi) is 3.23. The summed E-state index contributed by atoms with van der Waals surface area (Å²) in [5, 5.41) is 3.37. The van der Waals surface area contributed by atoms with E-state index >= 15 is 0 Å². The molecule has 0 aromatic rings. The van der Waals surface area contributed by atoms with Gasteiger partial charge in [-0.05, 0) is 18.9 Å². The second-order valence-corrected chi connectivity index (χ2v) is 2.78.